The van der Waals surface area contributed by atoms with Crippen molar-refractivity contribution in [1.29, 1.82) is 0 Å². The molecule has 1 aromatic heterocycles. The van der Waals surface area contributed by atoms with Gasteiger partial charge in [-0.1, -0.05) is 22.9 Å². The number of hydrogen-bond donors (Lipinski definition) is 1. The van der Waals surface area contributed by atoms with E-state index in [9.17, 15) is 0 Å². The lowest BCUT2D eigenvalue weighted by molar-refractivity contribution is 0.351. The van der Waals surface area contributed by atoms with Gasteiger partial charge < -0.3 is 14.5 Å². The van der Waals surface area contributed by atoms with Gasteiger partial charge in [-0.2, -0.15) is 0 Å². The van der Waals surface area contributed by atoms with Crippen LogP contribution in [0.2, 0.25) is 0 Å². The maximum absolute atomic E-state index is 5.71. The summed E-state index contributed by atoms with van der Waals surface area (Å²) < 4.78 is 12.4. The standard InChI is InChI=1S/C15H17BrN2O2/c1-2-13-8-18-14(20-13)9-17-7-11-6-12(16)5-10-3-4-19-15(10)11/h5-6,8,17H,2-4,7,9H2,1H3. The summed E-state index contributed by atoms with van der Waals surface area (Å²) in [5.74, 6) is 2.69. The quantitative estimate of drug-likeness (QED) is 0.910. The summed E-state index contributed by atoms with van der Waals surface area (Å²) in [4.78, 5) is 4.24. The van der Waals surface area contributed by atoms with Gasteiger partial charge >= 0.3 is 0 Å². The van der Waals surface area contributed by atoms with E-state index in [2.05, 4.69) is 45.3 Å². The van der Waals surface area contributed by atoms with Crippen LogP contribution in [-0.2, 0) is 25.9 Å². The van der Waals surface area contributed by atoms with Gasteiger partial charge in [-0.3, -0.25) is 0 Å². The largest absolute Gasteiger partial charge is 0.493 e. The van der Waals surface area contributed by atoms with Gasteiger partial charge in [0.1, 0.15) is 11.5 Å². The minimum atomic E-state index is 0.626. The van der Waals surface area contributed by atoms with Crippen LogP contribution < -0.4 is 10.1 Å². The van der Waals surface area contributed by atoms with Crippen LogP contribution in [0.1, 0.15) is 29.7 Å². The number of aromatic nitrogens is 1. The molecule has 2 heterocycles. The lowest BCUT2D eigenvalue weighted by Crippen LogP contribution is -2.13. The fourth-order valence-corrected chi connectivity index (χ4v) is 2.93. The Morgan fingerprint density at radius 2 is 2.25 bits per heavy atom. The normalized spacial score (nSPS) is 13.3. The highest BCUT2D eigenvalue weighted by Gasteiger charge is 2.17. The van der Waals surface area contributed by atoms with E-state index in [1.54, 1.807) is 6.20 Å². The Morgan fingerprint density at radius 1 is 1.35 bits per heavy atom. The predicted octanol–water partition coefficient (Wildman–Crippen LogP) is 3.22. The summed E-state index contributed by atoms with van der Waals surface area (Å²) in [7, 11) is 0. The number of halogens is 1. The fourth-order valence-electron chi connectivity index (χ4n) is 2.37. The van der Waals surface area contributed by atoms with E-state index < -0.39 is 0 Å². The van der Waals surface area contributed by atoms with Crippen LogP contribution in [-0.4, -0.2) is 11.6 Å². The molecule has 20 heavy (non-hydrogen) atoms. The van der Waals surface area contributed by atoms with Crippen LogP contribution in [0, 0.1) is 0 Å². The first-order valence-electron chi connectivity index (χ1n) is 6.84. The average Bonchev–Trinajstić information content (AvgIpc) is 3.06. The Morgan fingerprint density at radius 3 is 3.05 bits per heavy atom. The van der Waals surface area contributed by atoms with Crippen LogP contribution in [0.5, 0.6) is 5.75 Å². The number of benzene rings is 1. The number of ether oxygens (including phenoxy) is 1. The Labute approximate surface area is 126 Å². The zero-order valence-electron chi connectivity index (χ0n) is 11.4. The van der Waals surface area contributed by atoms with E-state index in [4.69, 9.17) is 9.15 Å². The molecule has 0 radical (unpaired) electrons. The molecule has 0 saturated heterocycles. The lowest BCUT2D eigenvalue weighted by Gasteiger charge is -2.09. The third-order valence-electron chi connectivity index (χ3n) is 3.37. The summed E-state index contributed by atoms with van der Waals surface area (Å²) in [5, 5.41) is 3.36. The molecule has 2 aromatic rings. The Bertz CT molecular complexity index is 610. The van der Waals surface area contributed by atoms with E-state index in [1.807, 2.05) is 0 Å². The first-order chi connectivity index (χ1) is 9.76. The smallest absolute Gasteiger partial charge is 0.208 e. The fraction of sp³-hybridized carbons (Fsp3) is 0.400. The van der Waals surface area contributed by atoms with Crippen molar-refractivity contribution in [3.63, 3.8) is 0 Å². The Hall–Kier alpha value is -1.33. The third kappa shape index (κ3) is 2.88. The second-order valence-electron chi connectivity index (χ2n) is 4.83. The Kier molecular flexibility index (Phi) is 4.08. The number of nitrogens with zero attached hydrogens (tertiary/aromatic N) is 1. The van der Waals surface area contributed by atoms with Crippen molar-refractivity contribution in [2.45, 2.75) is 32.9 Å². The summed E-state index contributed by atoms with van der Waals surface area (Å²) in [6.07, 6.45) is 3.65. The first-order valence-corrected chi connectivity index (χ1v) is 7.64. The molecule has 0 amide bonds. The van der Waals surface area contributed by atoms with Crippen molar-refractivity contribution in [3.05, 3.63) is 45.6 Å². The van der Waals surface area contributed by atoms with Gasteiger partial charge in [-0.25, -0.2) is 4.98 Å². The molecule has 3 rings (SSSR count). The van der Waals surface area contributed by atoms with Crippen molar-refractivity contribution >= 4 is 15.9 Å². The molecule has 5 heteroatoms. The number of aryl methyl sites for hydroxylation is 1. The number of hydrogen-bond acceptors (Lipinski definition) is 4. The first kappa shape index (κ1) is 13.6. The minimum Gasteiger partial charge on any atom is -0.493 e. The average molecular weight is 337 g/mol. The zero-order valence-corrected chi connectivity index (χ0v) is 13.0. The van der Waals surface area contributed by atoms with E-state index in [0.29, 0.717) is 6.54 Å². The number of fused-ring (bicyclic) bond motifs is 1. The number of oxazole rings is 1. The molecule has 0 bridgehead atoms. The topological polar surface area (TPSA) is 47.3 Å². The monoisotopic (exact) mass is 336 g/mol. The van der Waals surface area contributed by atoms with Crippen LogP contribution in [0.3, 0.4) is 0 Å². The highest BCUT2D eigenvalue weighted by molar-refractivity contribution is 9.10. The van der Waals surface area contributed by atoms with Crippen molar-refractivity contribution in [3.8, 4) is 5.75 Å². The number of rotatable bonds is 5. The Balaban J connectivity index is 1.64. The van der Waals surface area contributed by atoms with Crippen LogP contribution in [0.15, 0.2) is 27.2 Å². The molecule has 1 aliphatic rings. The molecular weight excluding hydrogens is 320 g/mol. The molecule has 0 atom stereocenters. The maximum atomic E-state index is 5.71. The van der Waals surface area contributed by atoms with Gasteiger partial charge in [0, 0.05) is 29.4 Å². The van der Waals surface area contributed by atoms with Crippen LogP contribution >= 0.6 is 15.9 Å². The minimum absolute atomic E-state index is 0.626. The highest BCUT2D eigenvalue weighted by atomic mass is 79.9. The van der Waals surface area contributed by atoms with E-state index in [-0.39, 0.29) is 0 Å². The van der Waals surface area contributed by atoms with Gasteiger partial charge in [0.2, 0.25) is 5.89 Å². The summed E-state index contributed by atoms with van der Waals surface area (Å²) >= 11 is 3.55. The van der Waals surface area contributed by atoms with E-state index >= 15 is 0 Å². The van der Waals surface area contributed by atoms with Crippen molar-refractivity contribution in [1.82, 2.24) is 10.3 Å². The van der Waals surface area contributed by atoms with E-state index in [0.717, 1.165) is 47.9 Å². The SMILES string of the molecule is CCc1cnc(CNCc2cc(Br)cc3c2OCC3)o1. The van der Waals surface area contributed by atoms with Crippen molar-refractivity contribution in [2.24, 2.45) is 0 Å². The highest BCUT2D eigenvalue weighted by Crippen LogP contribution is 2.32. The van der Waals surface area contributed by atoms with Gasteiger partial charge in [-0.05, 0) is 17.7 Å². The molecule has 0 spiro atoms. The van der Waals surface area contributed by atoms with Crippen molar-refractivity contribution in [2.75, 3.05) is 6.61 Å². The predicted molar refractivity (Wildman–Crippen MR) is 79.8 cm³/mol. The van der Waals surface area contributed by atoms with Crippen LogP contribution in [0.25, 0.3) is 0 Å². The van der Waals surface area contributed by atoms with Crippen LogP contribution in [0.4, 0.5) is 0 Å². The molecule has 1 aromatic carbocycles. The van der Waals surface area contributed by atoms with Gasteiger partial charge in [-0.15, -0.1) is 0 Å². The molecule has 1 N–H and O–H groups in total. The van der Waals surface area contributed by atoms with Gasteiger partial charge in [0.05, 0.1) is 19.3 Å². The molecular formula is C15H17BrN2O2. The van der Waals surface area contributed by atoms with E-state index in [1.165, 1.54) is 11.1 Å². The second kappa shape index (κ2) is 5.97. The van der Waals surface area contributed by atoms with Gasteiger partial charge in [0.25, 0.3) is 0 Å². The summed E-state index contributed by atoms with van der Waals surface area (Å²) in [5.41, 5.74) is 2.45. The molecule has 0 aliphatic carbocycles. The van der Waals surface area contributed by atoms with Crippen molar-refractivity contribution < 1.29 is 9.15 Å². The molecule has 0 saturated carbocycles. The molecule has 106 valence electrons. The zero-order chi connectivity index (χ0) is 13.9. The maximum Gasteiger partial charge on any atom is 0.208 e. The van der Waals surface area contributed by atoms with Gasteiger partial charge in [0.15, 0.2) is 0 Å². The number of nitrogens with one attached hydrogen (secondary N) is 1. The lowest BCUT2D eigenvalue weighted by atomic mass is 10.1. The molecule has 0 fully saturated rings. The molecule has 1 aliphatic heterocycles. The summed E-state index contributed by atoms with van der Waals surface area (Å²) in [6.45, 7) is 4.20. The molecule has 0 unspecified atom stereocenters. The summed E-state index contributed by atoms with van der Waals surface area (Å²) in [6, 6.07) is 4.23. The third-order valence-corrected chi connectivity index (χ3v) is 3.82. The second-order valence-corrected chi connectivity index (χ2v) is 5.74. The molecule has 4 nitrogen and oxygen atoms in total.